The molecule has 140 valence electrons. The Balaban J connectivity index is 2.10. The maximum atomic E-state index is 12.7. The Morgan fingerprint density at radius 1 is 1.24 bits per heavy atom. The molecular weight excluding hydrogens is 340 g/mol. The summed E-state index contributed by atoms with van der Waals surface area (Å²) in [7, 11) is 1.14. The Kier molecular flexibility index (Phi) is 6.59. The van der Waals surface area contributed by atoms with E-state index in [0.29, 0.717) is 17.7 Å². The van der Waals surface area contributed by atoms with Gasteiger partial charge in [0, 0.05) is 39.9 Å². The number of carbonyl (C=O) groups excluding carboxylic acids is 1. The van der Waals surface area contributed by atoms with Gasteiger partial charge in [-0.25, -0.2) is 12.7 Å². The van der Waals surface area contributed by atoms with E-state index in [-0.39, 0.29) is 16.9 Å². The highest BCUT2D eigenvalue weighted by atomic mass is 32.2. The van der Waals surface area contributed by atoms with Crippen molar-refractivity contribution in [3.63, 3.8) is 0 Å². The average molecular weight is 368 g/mol. The first-order chi connectivity index (χ1) is 11.7. The van der Waals surface area contributed by atoms with Crippen molar-refractivity contribution >= 4 is 15.9 Å². The molecule has 0 radical (unpaired) electrons. The molecule has 1 amide bonds. The van der Waals surface area contributed by atoms with Crippen LogP contribution in [0.15, 0.2) is 23.1 Å². The third kappa shape index (κ3) is 4.80. The highest BCUT2D eigenvalue weighted by Crippen LogP contribution is 2.21. The van der Waals surface area contributed by atoms with Crippen LogP contribution in [0.5, 0.6) is 0 Å². The van der Waals surface area contributed by atoms with Crippen molar-refractivity contribution in [1.82, 2.24) is 9.21 Å². The van der Waals surface area contributed by atoms with Crippen LogP contribution in [-0.2, 0) is 14.8 Å². The lowest BCUT2D eigenvalue weighted by Gasteiger charge is -2.25. The number of nitrogens with zero attached hydrogens (tertiary/aromatic N) is 2. The van der Waals surface area contributed by atoms with Gasteiger partial charge in [-0.05, 0) is 50.3 Å². The predicted molar refractivity (Wildman–Crippen MR) is 97.2 cm³/mol. The number of rotatable bonds is 6. The molecule has 1 unspecified atom stereocenters. The van der Waals surface area contributed by atoms with Gasteiger partial charge in [-0.15, -0.1) is 0 Å². The molecule has 7 heteroatoms. The third-order valence-electron chi connectivity index (χ3n) is 4.60. The van der Waals surface area contributed by atoms with Crippen molar-refractivity contribution in [3.05, 3.63) is 29.3 Å². The minimum atomic E-state index is -3.58. The number of amides is 1. The zero-order valence-corrected chi connectivity index (χ0v) is 16.3. The quantitative estimate of drug-likeness (QED) is 0.773. The van der Waals surface area contributed by atoms with E-state index in [0.717, 1.165) is 30.2 Å². The topological polar surface area (TPSA) is 66.9 Å². The van der Waals surface area contributed by atoms with Crippen LogP contribution in [0.1, 0.15) is 41.6 Å². The Labute approximate surface area is 150 Å². The molecule has 1 fully saturated rings. The lowest BCUT2D eigenvalue weighted by atomic mass is 10.1. The van der Waals surface area contributed by atoms with E-state index in [1.165, 1.54) is 26.6 Å². The van der Waals surface area contributed by atoms with Crippen LogP contribution in [-0.4, -0.2) is 63.9 Å². The fourth-order valence-electron chi connectivity index (χ4n) is 2.90. The van der Waals surface area contributed by atoms with Crippen LogP contribution in [0, 0.1) is 6.92 Å². The van der Waals surface area contributed by atoms with Gasteiger partial charge < -0.3 is 9.64 Å². The van der Waals surface area contributed by atoms with E-state index >= 15 is 0 Å². The molecule has 0 saturated carbocycles. The summed E-state index contributed by atoms with van der Waals surface area (Å²) in [4.78, 5) is 14.5. The molecule has 1 atom stereocenters. The summed E-state index contributed by atoms with van der Waals surface area (Å²) in [6.45, 7) is 3.12. The van der Waals surface area contributed by atoms with E-state index in [1.54, 1.807) is 31.0 Å². The molecule has 2 rings (SSSR count). The van der Waals surface area contributed by atoms with E-state index in [9.17, 15) is 13.2 Å². The molecule has 1 aromatic rings. The SMILES string of the molecule is Cc1ccc(C(=O)N(C)CCC2CCCCO2)cc1S(=O)(=O)N(C)C. The zero-order chi connectivity index (χ0) is 18.6. The van der Waals surface area contributed by atoms with Crippen LogP contribution < -0.4 is 0 Å². The molecule has 6 nitrogen and oxygen atoms in total. The fraction of sp³-hybridized carbons (Fsp3) is 0.611. The van der Waals surface area contributed by atoms with Gasteiger partial charge in [0.25, 0.3) is 5.91 Å². The molecule has 1 heterocycles. The first-order valence-corrected chi connectivity index (χ1v) is 10.1. The van der Waals surface area contributed by atoms with Crippen LogP contribution in [0.25, 0.3) is 0 Å². The lowest BCUT2D eigenvalue weighted by molar-refractivity contribution is 0.00709. The van der Waals surface area contributed by atoms with Crippen LogP contribution in [0.2, 0.25) is 0 Å². The molecule has 1 aliphatic rings. The van der Waals surface area contributed by atoms with E-state index in [1.807, 2.05) is 0 Å². The first-order valence-electron chi connectivity index (χ1n) is 8.63. The smallest absolute Gasteiger partial charge is 0.253 e. The zero-order valence-electron chi connectivity index (χ0n) is 15.5. The van der Waals surface area contributed by atoms with Gasteiger partial charge in [0.05, 0.1) is 11.0 Å². The molecule has 0 spiro atoms. The lowest BCUT2D eigenvalue weighted by Crippen LogP contribution is -2.32. The van der Waals surface area contributed by atoms with Gasteiger partial charge in [0.15, 0.2) is 0 Å². The standard InChI is InChI=1S/C18H28N2O4S/c1-14-8-9-15(13-17(14)25(22,23)19(2)3)18(21)20(4)11-10-16-7-5-6-12-24-16/h8-9,13,16H,5-7,10-12H2,1-4H3. The Morgan fingerprint density at radius 2 is 1.96 bits per heavy atom. The van der Waals surface area contributed by atoms with Crippen molar-refractivity contribution in [3.8, 4) is 0 Å². The minimum absolute atomic E-state index is 0.173. The molecule has 1 aromatic carbocycles. The number of ether oxygens (including phenoxy) is 1. The average Bonchev–Trinajstić information content (AvgIpc) is 2.60. The van der Waals surface area contributed by atoms with Crippen molar-refractivity contribution < 1.29 is 17.9 Å². The van der Waals surface area contributed by atoms with E-state index in [2.05, 4.69) is 0 Å². The largest absolute Gasteiger partial charge is 0.378 e. The Hall–Kier alpha value is -1.44. The molecule has 1 aliphatic heterocycles. The monoisotopic (exact) mass is 368 g/mol. The molecule has 0 bridgehead atoms. The van der Waals surface area contributed by atoms with Gasteiger partial charge in [0.2, 0.25) is 10.0 Å². The van der Waals surface area contributed by atoms with Crippen molar-refractivity contribution in [2.75, 3.05) is 34.3 Å². The number of sulfonamides is 1. The molecule has 1 saturated heterocycles. The summed E-state index contributed by atoms with van der Waals surface area (Å²) in [6.07, 6.45) is 4.34. The van der Waals surface area contributed by atoms with Crippen LogP contribution in [0.3, 0.4) is 0 Å². The normalized spacial score (nSPS) is 18.4. The summed E-state index contributed by atoms with van der Waals surface area (Å²) in [5.74, 6) is -0.175. The summed E-state index contributed by atoms with van der Waals surface area (Å²) in [6, 6.07) is 4.84. The molecule has 25 heavy (non-hydrogen) atoms. The summed E-state index contributed by atoms with van der Waals surface area (Å²) < 4.78 is 31.7. The van der Waals surface area contributed by atoms with E-state index < -0.39 is 10.0 Å². The molecule has 0 aromatic heterocycles. The summed E-state index contributed by atoms with van der Waals surface area (Å²) >= 11 is 0. The first kappa shape index (κ1) is 19.9. The summed E-state index contributed by atoms with van der Waals surface area (Å²) in [5.41, 5.74) is 1.02. The van der Waals surface area contributed by atoms with E-state index in [4.69, 9.17) is 4.74 Å². The maximum Gasteiger partial charge on any atom is 0.253 e. The van der Waals surface area contributed by atoms with Crippen LogP contribution >= 0.6 is 0 Å². The molecule has 0 aliphatic carbocycles. The minimum Gasteiger partial charge on any atom is -0.378 e. The number of hydrogen-bond acceptors (Lipinski definition) is 4. The van der Waals surface area contributed by atoms with Gasteiger partial charge >= 0.3 is 0 Å². The molecular formula is C18H28N2O4S. The third-order valence-corrected chi connectivity index (χ3v) is 6.56. The van der Waals surface area contributed by atoms with Gasteiger partial charge in [-0.3, -0.25) is 4.79 Å². The number of hydrogen-bond donors (Lipinski definition) is 0. The van der Waals surface area contributed by atoms with Crippen molar-refractivity contribution in [2.45, 2.75) is 43.6 Å². The second-order valence-corrected chi connectivity index (χ2v) is 8.89. The number of benzene rings is 1. The number of aryl methyl sites for hydroxylation is 1. The van der Waals surface area contributed by atoms with Gasteiger partial charge in [-0.2, -0.15) is 0 Å². The van der Waals surface area contributed by atoms with Crippen LogP contribution in [0.4, 0.5) is 0 Å². The highest BCUT2D eigenvalue weighted by Gasteiger charge is 2.23. The molecule has 0 N–H and O–H groups in total. The Morgan fingerprint density at radius 3 is 2.56 bits per heavy atom. The predicted octanol–water partition coefficient (Wildman–Crippen LogP) is 2.28. The van der Waals surface area contributed by atoms with Crippen molar-refractivity contribution in [2.24, 2.45) is 0 Å². The van der Waals surface area contributed by atoms with Gasteiger partial charge in [0.1, 0.15) is 0 Å². The Bertz CT molecular complexity index is 710. The highest BCUT2D eigenvalue weighted by molar-refractivity contribution is 7.89. The van der Waals surface area contributed by atoms with Gasteiger partial charge in [-0.1, -0.05) is 6.07 Å². The fourth-order valence-corrected chi connectivity index (χ4v) is 4.05. The summed E-state index contributed by atoms with van der Waals surface area (Å²) in [5, 5.41) is 0. The second-order valence-electron chi connectivity index (χ2n) is 6.77. The second kappa shape index (κ2) is 8.29. The van der Waals surface area contributed by atoms with Crippen molar-refractivity contribution in [1.29, 1.82) is 0 Å². The number of carbonyl (C=O) groups is 1. The maximum absolute atomic E-state index is 12.7.